The fraction of sp³-hybridized carbons (Fsp3) is 0.375. The van der Waals surface area contributed by atoms with Crippen LogP contribution in [-0.2, 0) is 11.3 Å². The van der Waals surface area contributed by atoms with Gasteiger partial charge in [-0.05, 0) is 19.9 Å². The number of nitrogens with one attached hydrogen (secondary N) is 1. The summed E-state index contributed by atoms with van der Waals surface area (Å²) in [4.78, 5) is 25.5. The van der Waals surface area contributed by atoms with Crippen LogP contribution in [0.5, 0.6) is 0 Å². The lowest BCUT2D eigenvalue weighted by Gasteiger charge is -2.41. The first-order chi connectivity index (χ1) is 10.4. The first-order valence-corrected chi connectivity index (χ1v) is 7.18. The lowest BCUT2D eigenvalue weighted by Crippen LogP contribution is -2.61. The van der Waals surface area contributed by atoms with Crippen molar-refractivity contribution in [2.75, 3.05) is 13.1 Å². The summed E-state index contributed by atoms with van der Waals surface area (Å²) in [5.41, 5.74) is 0.479. The average Bonchev–Trinajstić information content (AvgIpc) is 2.83. The second-order valence-electron chi connectivity index (χ2n) is 5.95. The number of carboxylic acids is 1. The average molecular weight is 302 g/mol. The first-order valence-electron chi connectivity index (χ1n) is 7.18. The van der Waals surface area contributed by atoms with Crippen LogP contribution in [0.1, 0.15) is 30.0 Å². The molecule has 1 fully saturated rings. The van der Waals surface area contributed by atoms with Crippen LogP contribution in [0, 0.1) is 0 Å². The minimum absolute atomic E-state index is 0.0524. The van der Waals surface area contributed by atoms with E-state index in [9.17, 15) is 14.7 Å². The van der Waals surface area contributed by atoms with Crippen molar-refractivity contribution in [1.82, 2.24) is 10.2 Å². The van der Waals surface area contributed by atoms with E-state index in [2.05, 4.69) is 5.32 Å². The van der Waals surface area contributed by atoms with Gasteiger partial charge < -0.3 is 14.8 Å². The zero-order chi connectivity index (χ0) is 15.9. The highest BCUT2D eigenvalue weighted by Crippen LogP contribution is 2.30. The van der Waals surface area contributed by atoms with Crippen LogP contribution in [-0.4, -0.2) is 40.5 Å². The summed E-state index contributed by atoms with van der Waals surface area (Å²) >= 11 is 0. The molecule has 1 amide bonds. The summed E-state index contributed by atoms with van der Waals surface area (Å²) in [5, 5.41) is 13.0. The molecule has 1 saturated heterocycles. The molecule has 116 valence electrons. The van der Waals surface area contributed by atoms with Crippen molar-refractivity contribution in [1.29, 1.82) is 0 Å². The quantitative estimate of drug-likeness (QED) is 0.904. The van der Waals surface area contributed by atoms with E-state index in [0.717, 1.165) is 5.39 Å². The van der Waals surface area contributed by atoms with Gasteiger partial charge in [-0.1, -0.05) is 18.2 Å². The van der Waals surface area contributed by atoms with Crippen LogP contribution in [0.2, 0.25) is 0 Å². The SMILES string of the molecule is CC1(C)C(=O)NCCN1Cc1c(C(=O)O)oc2ccccc12. The molecule has 6 nitrogen and oxygen atoms in total. The number of para-hydroxylation sites is 1. The first kappa shape index (κ1) is 14.6. The molecule has 0 unspecified atom stereocenters. The molecule has 1 aromatic heterocycles. The lowest BCUT2D eigenvalue weighted by atomic mass is 9.97. The second-order valence-corrected chi connectivity index (χ2v) is 5.95. The number of hydrogen-bond acceptors (Lipinski definition) is 4. The van der Waals surface area contributed by atoms with Gasteiger partial charge in [-0.2, -0.15) is 0 Å². The fourth-order valence-corrected chi connectivity index (χ4v) is 2.84. The Morgan fingerprint density at radius 1 is 1.41 bits per heavy atom. The fourth-order valence-electron chi connectivity index (χ4n) is 2.84. The molecule has 0 radical (unpaired) electrons. The van der Waals surface area contributed by atoms with Crippen molar-refractivity contribution in [3.05, 3.63) is 35.6 Å². The van der Waals surface area contributed by atoms with Gasteiger partial charge >= 0.3 is 5.97 Å². The highest BCUT2D eigenvalue weighted by atomic mass is 16.4. The summed E-state index contributed by atoms with van der Waals surface area (Å²) in [6.07, 6.45) is 0. The van der Waals surface area contributed by atoms with Gasteiger partial charge in [0.1, 0.15) is 5.58 Å². The van der Waals surface area contributed by atoms with Crippen LogP contribution >= 0.6 is 0 Å². The summed E-state index contributed by atoms with van der Waals surface area (Å²) in [7, 11) is 0. The van der Waals surface area contributed by atoms with E-state index in [1.807, 2.05) is 30.9 Å². The topological polar surface area (TPSA) is 82.8 Å². The molecule has 0 bridgehead atoms. The molecule has 2 N–H and O–H groups in total. The Labute approximate surface area is 127 Å². The molecule has 1 aliphatic rings. The molecular formula is C16H18N2O4. The lowest BCUT2D eigenvalue weighted by molar-refractivity contribution is -0.135. The van der Waals surface area contributed by atoms with E-state index >= 15 is 0 Å². The number of fused-ring (bicyclic) bond motifs is 1. The van der Waals surface area contributed by atoms with Crippen molar-refractivity contribution in [3.63, 3.8) is 0 Å². The van der Waals surface area contributed by atoms with Crippen LogP contribution in [0.25, 0.3) is 11.0 Å². The minimum atomic E-state index is -1.09. The Bertz CT molecular complexity index is 748. The highest BCUT2D eigenvalue weighted by Gasteiger charge is 2.38. The van der Waals surface area contributed by atoms with Crippen LogP contribution in [0.4, 0.5) is 0 Å². The van der Waals surface area contributed by atoms with Gasteiger partial charge in [0.15, 0.2) is 0 Å². The maximum atomic E-state index is 12.0. The number of benzene rings is 1. The normalized spacial score (nSPS) is 18.4. The molecule has 2 aromatic rings. The van der Waals surface area contributed by atoms with Crippen molar-refractivity contribution < 1.29 is 19.1 Å². The third-order valence-corrected chi connectivity index (χ3v) is 4.26. The van der Waals surface area contributed by atoms with Crippen molar-refractivity contribution in [2.24, 2.45) is 0 Å². The molecule has 0 saturated carbocycles. The molecule has 0 spiro atoms. The molecule has 1 aliphatic heterocycles. The molecule has 6 heteroatoms. The van der Waals surface area contributed by atoms with Crippen molar-refractivity contribution >= 4 is 22.8 Å². The Morgan fingerprint density at radius 2 is 2.14 bits per heavy atom. The van der Waals surface area contributed by atoms with E-state index in [0.29, 0.717) is 30.8 Å². The van der Waals surface area contributed by atoms with Crippen molar-refractivity contribution in [2.45, 2.75) is 25.9 Å². The number of hydrogen-bond donors (Lipinski definition) is 2. The number of piperazine rings is 1. The molecular weight excluding hydrogens is 284 g/mol. The number of aromatic carboxylic acids is 1. The molecule has 22 heavy (non-hydrogen) atoms. The standard InChI is InChI=1S/C16H18N2O4/c1-16(2)15(21)17-7-8-18(16)9-11-10-5-3-4-6-12(10)22-13(11)14(19)20/h3-6H,7-9H2,1-2H3,(H,17,21)(H,19,20). The minimum Gasteiger partial charge on any atom is -0.475 e. The Hall–Kier alpha value is -2.34. The largest absolute Gasteiger partial charge is 0.475 e. The Balaban J connectivity index is 2.04. The summed E-state index contributed by atoms with van der Waals surface area (Å²) in [5.74, 6) is -1.20. The number of carboxylic acid groups (broad SMARTS) is 1. The number of carbonyl (C=O) groups excluding carboxylic acids is 1. The predicted molar refractivity (Wildman–Crippen MR) is 80.7 cm³/mol. The monoisotopic (exact) mass is 302 g/mol. The van der Waals surface area contributed by atoms with Gasteiger partial charge in [-0.15, -0.1) is 0 Å². The third kappa shape index (κ3) is 2.25. The Kier molecular flexibility index (Phi) is 3.41. The molecule has 2 heterocycles. The van der Waals surface area contributed by atoms with Crippen LogP contribution in [0.15, 0.2) is 28.7 Å². The van der Waals surface area contributed by atoms with Gasteiger partial charge in [0.2, 0.25) is 11.7 Å². The van der Waals surface area contributed by atoms with E-state index in [1.165, 1.54) is 0 Å². The van der Waals surface area contributed by atoms with E-state index in [4.69, 9.17) is 4.42 Å². The predicted octanol–water partition coefficient (Wildman–Crippen LogP) is 1.84. The Morgan fingerprint density at radius 3 is 2.86 bits per heavy atom. The van der Waals surface area contributed by atoms with Crippen molar-refractivity contribution in [3.8, 4) is 0 Å². The maximum absolute atomic E-state index is 12.0. The van der Waals surface area contributed by atoms with Gasteiger partial charge in [-0.3, -0.25) is 9.69 Å². The zero-order valence-electron chi connectivity index (χ0n) is 12.5. The van der Waals surface area contributed by atoms with E-state index in [-0.39, 0.29) is 11.7 Å². The van der Waals surface area contributed by atoms with Gasteiger partial charge in [0, 0.05) is 30.6 Å². The van der Waals surface area contributed by atoms with Gasteiger partial charge in [0.25, 0.3) is 0 Å². The second kappa shape index (κ2) is 5.14. The number of carbonyl (C=O) groups is 2. The summed E-state index contributed by atoms with van der Waals surface area (Å²) in [6, 6.07) is 7.25. The maximum Gasteiger partial charge on any atom is 0.372 e. The smallest absolute Gasteiger partial charge is 0.372 e. The molecule has 0 atom stereocenters. The third-order valence-electron chi connectivity index (χ3n) is 4.26. The van der Waals surface area contributed by atoms with E-state index in [1.54, 1.807) is 12.1 Å². The zero-order valence-corrected chi connectivity index (χ0v) is 12.5. The van der Waals surface area contributed by atoms with Crippen LogP contribution in [0.3, 0.4) is 0 Å². The van der Waals surface area contributed by atoms with Gasteiger partial charge in [-0.25, -0.2) is 4.79 Å². The number of rotatable bonds is 3. The summed E-state index contributed by atoms with van der Waals surface area (Å²) < 4.78 is 5.47. The molecule has 3 rings (SSSR count). The number of furan rings is 1. The van der Waals surface area contributed by atoms with Crippen LogP contribution < -0.4 is 5.32 Å². The van der Waals surface area contributed by atoms with Gasteiger partial charge in [0.05, 0.1) is 5.54 Å². The number of amides is 1. The summed E-state index contributed by atoms with van der Waals surface area (Å²) in [6.45, 7) is 5.26. The highest BCUT2D eigenvalue weighted by molar-refractivity contribution is 5.95. The number of nitrogens with zero attached hydrogens (tertiary/aromatic N) is 1. The van der Waals surface area contributed by atoms with E-state index < -0.39 is 11.5 Å². The molecule has 1 aromatic carbocycles. The molecule has 0 aliphatic carbocycles.